The van der Waals surface area contributed by atoms with E-state index in [1.54, 1.807) is 11.0 Å². The van der Waals surface area contributed by atoms with Gasteiger partial charge in [0.2, 0.25) is 0 Å². The van der Waals surface area contributed by atoms with E-state index in [0.717, 1.165) is 0 Å². The molecular formula is C16H21ClFNO3. The molecule has 1 saturated heterocycles. The first kappa shape index (κ1) is 17.0. The Hall–Kier alpha value is -1.33. The molecule has 122 valence electrons. The van der Waals surface area contributed by atoms with Gasteiger partial charge in [0.05, 0.1) is 11.1 Å². The Morgan fingerprint density at radius 3 is 2.77 bits per heavy atom. The third-order valence-corrected chi connectivity index (χ3v) is 3.91. The molecule has 1 heterocycles. The van der Waals surface area contributed by atoms with E-state index in [9.17, 15) is 14.3 Å². The number of rotatable bonds is 2. The fourth-order valence-electron chi connectivity index (χ4n) is 2.51. The normalized spacial score (nSPS) is 20.1. The lowest BCUT2D eigenvalue weighted by atomic mass is 9.95. The average molecular weight is 330 g/mol. The molecule has 0 aromatic heterocycles. The summed E-state index contributed by atoms with van der Waals surface area (Å²) in [4.78, 5) is 13.6. The van der Waals surface area contributed by atoms with Crippen molar-refractivity contribution in [2.45, 2.75) is 38.9 Å². The van der Waals surface area contributed by atoms with Gasteiger partial charge in [-0.2, -0.15) is 0 Å². The molecule has 0 spiro atoms. The van der Waals surface area contributed by atoms with Crippen molar-refractivity contribution in [3.8, 4) is 0 Å². The first-order chi connectivity index (χ1) is 10.2. The zero-order valence-corrected chi connectivity index (χ0v) is 13.7. The van der Waals surface area contributed by atoms with Crippen LogP contribution in [-0.4, -0.2) is 34.8 Å². The molecular weight excluding hydrogens is 309 g/mol. The summed E-state index contributed by atoms with van der Waals surface area (Å²) < 4.78 is 18.8. The van der Waals surface area contributed by atoms with Crippen molar-refractivity contribution in [1.29, 1.82) is 0 Å². The predicted molar refractivity (Wildman–Crippen MR) is 82.3 cm³/mol. The van der Waals surface area contributed by atoms with Crippen molar-refractivity contribution in [2.24, 2.45) is 5.92 Å². The van der Waals surface area contributed by atoms with Crippen LogP contribution in [0.4, 0.5) is 9.18 Å². The number of ether oxygens (including phenoxy) is 1. The quantitative estimate of drug-likeness (QED) is 0.898. The molecule has 1 aliphatic rings. The second-order valence-corrected chi connectivity index (χ2v) is 7.00. The molecule has 1 aliphatic heterocycles. The zero-order chi connectivity index (χ0) is 16.5. The lowest BCUT2D eigenvalue weighted by molar-refractivity contribution is 0.0268. The summed E-state index contributed by atoms with van der Waals surface area (Å²) in [5.41, 5.74) is -0.0782. The highest BCUT2D eigenvalue weighted by Gasteiger charge is 2.34. The summed E-state index contributed by atoms with van der Waals surface area (Å²) in [6.45, 7) is 6.34. The monoisotopic (exact) mass is 329 g/mol. The smallest absolute Gasteiger partial charge is 0.410 e. The largest absolute Gasteiger partial charge is 0.444 e. The van der Waals surface area contributed by atoms with Gasteiger partial charge in [-0.15, -0.1) is 0 Å². The number of aliphatic hydroxyl groups is 1. The Bertz CT molecular complexity index is 559. The molecule has 1 aromatic rings. The van der Waals surface area contributed by atoms with Crippen LogP contribution in [-0.2, 0) is 4.74 Å². The van der Waals surface area contributed by atoms with Gasteiger partial charge in [0.15, 0.2) is 0 Å². The summed E-state index contributed by atoms with van der Waals surface area (Å²) in [5, 5.41) is 10.4. The maximum Gasteiger partial charge on any atom is 0.410 e. The molecule has 22 heavy (non-hydrogen) atoms. The highest BCUT2D eigenvalue weighted by molar-refractivity contribution is 6.30. The van der Waals surface area contributed by atoms with Gasteiger partial charge < -0.3 is 14.7 Å². The molecule has 0 saturated carbocycles. The molecule has 4 nitrogen and oxygen atoms in total. The number of benzene rings is 1. The van der Waals surface area contributed by atoms with Gasteiger partial charge in [-0.1, -0.05) is 17.7 Å². The summed E-state index contributed by atoms with van der Waals surface area (Å²) in [7, 11) is 0. The Balaban J connectivity index is 2.00. The van der Waals surface area contributed by atoms with Crippen molar-refractivity contribution in [3.63, 3.8) is 0 Å². The Kier molecular flexibility index (Phi) is 4.97. The third kappa shape index (κ3) is 4.11. The Morgan fingerprint density at radius 2 is 2.18 bits per heavy atom. The zero-order valence-electron chi connectivity index (χ0n) is 13.0. The number of amides is 1. The van der Waals surface area contributed by atoms with Gasteiger partial charge in [0.1, 0.15) is 11.4 Å². The van der Waals surface area contributed by atoms with Crippen LogP contribution >= 0.6 is 11.6 Å². The van der Waals surface area contributed by atoms with E-state index in [0.29, 0.717) is 25.1 Å². The lowest BCUT2D eigenvalue weighted by Crippen LogP contribution is -2.35. The van der Waals surface area contributed by atoms with Crippen LogP contribution in [0.2, 0.25) is 5.02 Å². The molecule has 1 N–H and O–H groups in total. The van der Waals surface area contributed by atoms with Gasteiger partial charge in [-0.05, 0) is 44.9 Å². The van der Waals surface area contributed by atoms with Crippen LogP contribution in [0.25, 0.3) is 0 Å². The van der Waals surface area contributed by atoms with E-state index in [1.165, 1.54) is 12.1 Å². The Labute approximate surface area is 134 Å². The number of hydrogen-bond donors (Lipinski definition) is 1. The molecule has 2 atom stereocenters. The Morgan fingerprint density at radius 1 is 1.50 bits per heavy atom. The van der Waals surface area contributed by atoms with Gasteiger partial charge >= 0.3 is 6.09 Å². The van der Waals surface area contributed by atoms with Gasteiger partial charge in [0, 0.05) is 19.0 Å². The number of likely N-dealkylation sites (tertiary alicyclic amines) is 1. The predicted octanol–water partition coefficient (Wildman–Crippen LogP) is 3.77. The topological polar surface area (TPSA) is 49.8 Å². The van der Waals surface area contributed by atoms with Crippen LogP contribution < -0.4 is 0 Å². The van der Waals surface area contributed by atoms with Crippen molar-refractivity contribution < 1.29 is 19.0 Å². The number of nitrogens with zero attached hydrogens (tertiary/aromatic N) is 1. The molecule has 1 fully saturated rings. The van der Waals surface area contributed by atoms with E-state index < -0.39 is 17.5 Å². The minimum Gasteiger partial charge on any atom is -0.444 e. The van der Waals surface area contributed by atoms with Gasteiger partial charge in [0.25, 0.3) is 0 Å². The van der Waals surface area contributed by atoms with Crippen molar-refractivity contribution in [2.75, 3.05) is 13.1 Å². The molecule has 1 amide bonds. The molecule has 0 aliphatic carbocycles. The number of carbonyl (C=O) groups is 1. The fourth-order valence-corrected chi connectivity index (χ4v) is 2.62. The van der Waals surface area contributed by atoms with Crippen LogP contribution in [0.15, 0.2) is 18.2 Å². The summed E-state index contributed by atoms with van der Waals surface area (Å²) >= 11 is 5.65. The van der Waals surface area contributed by atoms with Crippen molar-refractivity contribution in [1.82, 2.24) is 4.90 Å². The van der Waals surface area contributed by atoms with Crippen molar-refractivity contribution in [3.05, 3.63) is 34.6 Å². The van der Waals surface area contributed by atoms with Gasteiger partial charge in [-0.25, -0.2) is 9.18 Å². The van der Waals surface area contributed by atoms with E-state index >= 15 is 0 Å². The molecule has 2 unspecified atom stereocenters. The van der Waals surface area contributed by atoms with Crippen LogP contribution in [0.1, 0.15) is 38.9 Å². The minimum atomic E-state index is -0.834. The maximum atomic E-state index is 13.5. The second-order valence-electron chi connectivity index (χ2n) is 6.59. The second kappa shape index (κ2) is 6.42. The summed E-state index contributed by atoms with van der Waals surface area (Å²) in [6, 6.07) is 4.27. The third-order valence-electron chi connectivity index (χ3n) is 3.61. The highest BCUT2D eigenvalue weighted by atomic mass is 35.5. The number of aliphatic hydroxyl groups excluding tert-OH is 1. The molecule has 2 rings (SSSR count). The first-order valence-electron chi connectivity index (χ1n) is 7.28. The molecule has 6 heteroatoms. The molecule has 1 aromatic carbocycles. The number of halogens is 2. The van der Waals surface area contributed by atoms with E-state index in [1.807, 2.05) is 20.8 Å². The average Bonchev–Trinajstić information content (AvgIpc) is 2.89. The van der Waals surface area contributed by atoms with Crippen molar-refractivity contribution >= 4 is 17.7 Å². The van der Waals surface area contributed by atoms with E-state index in [-0.39, 0.29) is 17.0 Å². The SMILES string of the molecule is CC(C)(C)OC(=O)N1CCC(C(O)c2ccc(Cl)c(F)c2)C1. The molecule has 0 bridgehead atoms. The van der Waals surface area contributed by atoms with Crippen LogP contribution in [0, 0.1) is 11.7 Å². The standard InChI is InChI=1S/C16H21ClFNO3/c1-16(2,3)22-15(21)19-7-6-11(9-19)14(20)10-4-5-12(17)13(18)8-10/h4-5,8,11,14,20H,6-7,9H2,1-3H3. The maximum absolute atomic E-state index is 13.5. The number of carbonyl (C=O) groups excluding carboxylic acids is 1. The minimum absolute atomic E-state index is 0.0257. The molecule has 0 radical (unpaired) electrons. The lowest BCUT2D eigenvalue weighted by Gasteiger charge is -2.25. The van der Waals surface area contributed by atoms with Gasteiger partial charge in [-0.3, -0.25) is 0 Å². The highest BCUT2D eigenvalue weighted by Crippen LogP contribution is 2.32. The number of hydrogen-bond acceptors (Lipinski definition) is 3. The van der Waals surface area contributed by atoms with E-state index in [2.05, 4.69) is 0 Å². The summed E-state index contributed by atoms with van der Waals surface area (Å²) in [6.07, 6.45) is -0.575. The van der Waals surface area contributed by atoms with E-state index in [4.69, 9.17) is 16.3 Å². The van der Waals surface area contributed by atoms with Crippen LogP contribution in [0.3, 0.4) is 0 Å². The first-order valence-corrected chi connectivity index (χ1v) is 7.66. The summed E-state index contributed by atoms with van der Waals surface area (Å²) in [5.74, 6) is -0.701. The fraction of sp³-hybridized carbons (Fsp3) is 0.562. The van der Waals surface area contributed by atoms with Crippen LogP contribution in [0.5, 0.6) is 0 Å².